The molecule has 15 heavy (non-hydrogen) atoms. The predicted octanol–water partition coefficient (Wildman–Crippen LogP) is 4.59. The van der Waals surface area contributed by atoms with E-state index in [1.807, 2.05) is 11.8 Å². The molecule has 1 aliphatic carbocycles. The van der Waals surface area contributed by atoms with Crippen LogP contribution in [0.4, 0.5) is 0 Å². The van der Waals surface area contributed by atoms with E-state index in [0.29, 0.717) is 0 Å². The lowest BCUT2D eigenvalue weighted by Gasteiger charge is -2.23. The fourth-order valence-corrected chi connectivity index (χ4v) is 3.49. The minimum atomic E-state index is 0.757. The maximum atomic E-state index is 4.11. The van der Waals surface area contributed by atoms with Crippen LogP contribution in [0.2, 0.25) is 0 Å². The molecule has 1 aliphatic rings. The molecule has 1 atom stereocenters. The molecule has 0 saturated heterocycles. The molecule has 1 unspecified atom stereocenters. The van der Waals surface area contributed by atoms with E-state index >= 15 is 0 Å². The molecule has 0 aromatic heterocycles. The number of hydrogen-bond acceptors (Lipinski definition) is 1. The average Bonchev–Trinajstić information content (AvgIpc) is 2.17. The Hall–Kier alpha value is -0.690. The third-order valence-corrected chi connectivity index (χ3v) is 4.13. The first kappa shape index (κ1) is 10.8. The molecule has 0 nitrogen and oxygen atoms in total. The van der Waals surface area contributed by atoms with Crippen LogP contribution in [0.3, 0.4) is 0 Å². The molecule has 0 heterocycles. The monoisotopic (exact) mass is 218 g/mol. The first-order valence-corrected chi connectivity index (χ1v) is 6.52. The van der Waals surface area contributed by atoms with Crippen molar-refractivity contribution in [3.8, 4) is 0 Å². The Labute approximate surface area is 96.8 Å². The molecule has 1 heteroatoms. The maximum Gasteiger partial charge on any atom is 0.0132 e. The van der Waals surface area contributed by atoms with E-state index in [-0.39, 0.29) is 0 Å². The highest BCUT2D eigenvalue weighted by Gasteiger charge is 2.16. The van der Waals surface area contributed by atoms with Gasteiger partial charge in [0.25, 0.3) is 0 Å². The summed E-state index contributed by atoms with van der Waals surface area (Å²) in [5, 5.41) is 0.757. The van der Waals surface area contributed by atoms with Crippen LogP contribution < -0.4 is 0 Å². The van der Waals surface area contributed by atoms with Gasteiger partial charge < -0.3 is 0 Å². The maximum absolute atomic E-state index is 4.11. The fourth-order valence-electron chi connectivity index (χ4n) is 2.09. The van der Waals surface area contributed by atoms with E-state index in [0.717, 1.165) is 5.25 Å². The van der Waals surface area contributed by atoms with E-state index in [2.05, 4.69) is 37.8 Å². The fraction of sp³-hybridized carbons (Fsp3) is 0.429. The average molecular weight is 218 g/mol. The van der Waals surface area contributed by atoms with Gasteiger partial charge in [0.2, 0.25) is 0 Å². The molecule has 0 aliphatic heterocycles. The van der Waals surface area contributed by atoms with Gasteiger partial charge in [0.15, 0.2) is 0 Å². The van der Waals surface area contributed by atoms with Crippen molar-refractivity contribution in [2.75, 3.05) is 0 Å². The van der Waals surface area contributed by atoms with Gasteiger partial charge in [-0.05, 0) is 44.7 Å². The highest BCUT2D eigenvalue weighted by atomic mass is 32.2. The summed E-state index contributed by atoms with van der Waals surface area (Å²) in [6, 6.07) is 8.80. The first-order chi connectivity index (χ1) is 7.24. The summed E-state index contributed by atoms with van der Waals surface area (Å²) < 4.78 is 0. The van der Waals surface area contributed by atoms with Crippen LogP contribution in [0.1, 0.15) is 31.2 Å². The van der Waals surface area contributed by atoms with Gasteiger partial charge >= 0.3 is 0 Å². The Kier molecular flexibility index (Phi) is 3.53. The van der Waals surface area contributed by atoms with E-state index in [4.69, 9.17) is 0 Å². The molecule has 0 N–H and O–H groups in total. The van der Waals surface area contributed by atoms with Crippen molar-refractivity contribution < 1.29 is 0 Å². The Morgan fingerprint density at radius 3 is 3.00 bits per heavy atom. The summed E-state index contributed by atoms with van der Waals surface area (Å²) in [4.78, 5) is 1.41. The van der Waals surface area contributed by atoms with Crippen molar-refractivity contribution >= 4 is 11.8 Å². The van der Waals surface area contributed by atoms with E-state index < -0.39 is 0 Å². The zero-order valence-electron chi connectivity index (χ0n) is 9.33. The SMILES string of the molecule is C=C1CCCC(Sc2cccc(C)c2)C1. The molecule has 0 bridgehead atoms. The number of benzene rings is 1. The third-order valence-electron chi connectivity index (χ3n) is 2.87. The zero-order valence-corrected chi connectivity index (χ0v) is 10.1. The van der Waals surface area contributed by atoms with Crippen LogP contribution in [0.25, 0.3) is 0 Å². The van der Waals surface area contributed by atoms with Crippen molar-refractivity contribution in [3.63, 3.8) is 0 Å². The largest absolute Gasteiger partial charge is 0.122 e. The number of rotatable bonds is 2. The van der Waals surface area contributed by atoms with Gasteiger partial charge in [-0.25, -0.2) is 0 Å². The molecule has 0 spiro atoms. The van der Waals surface area contributed by atoms with Crippen LogP contribution in [-0.4, -0.2) is 5.25 Å². The van der Waals surface area contributed by atoms with Gasteiger partial charge in [-0.3, -0.25) is 0 Å². The van der Waals surface area contributed by atoms with Gasteiger partial charge in [-0.1, -0.05) is 29.8 Å². The lowest BCUT2D eigenvalue weighted by molar-refractivity contribution is 0.615. The molecular formula is C14H18S. The summed E-state index contributed by atoms with van der Waals surface area (Å²) in [5.41, 5.74) is 2.79. The van der Waals surface area contributed by atoms with Gasteiger partial charge in [-0.15, -0.1) is 11.8 Å². The topological polar surface area (TPSA) is 0 Å². The lowest BCUT2D eigenvalue weighted by atomic mass is 9.96. The minimum absolute atomic E-state index is 0.757. The lowest BCUT2D eigenvalue weighted by Crippen LogP contribution is -2.09. The number of hydrogen-bond donors (Lipinski definition) is 0. The van der Waals surface area contributed by atoms with Crippen molar-refractivity contribution in [3.05, 3.63) is 42.0 Å². The Morgan fingerprint density at radius 2 is 2.27 bits per heavy atom. The van der Waals surface area contributed by atoms with E-state index in [9.17, 15) is 0 Å². The van der Waals surface area contributed by atoms with Crippen LogP contribution >= 0.6 is 11.8 Å². The van der Waals surface area contributed by atoms with Crippen LogP contribution in [0.5, 0.6) is 0 Å². The van der Waals surface area contributed by atoms with Gasteiger partial charge in [0.1, 0.15) is 0 Å². The van der Waals surface area contributed by atoms with Gasteiger partial charge in [-0.2, -0.15) is 0 Å². The quantitative estimate of drug-likeness (QED) is 0.654. The van der Waals surface area contributed by atoms with E-state index in [1.54, 1.807) is 0 Å². The highest BCUT2D eigenvalue weighted by Crippen LogP contribution is 2.35. The highest BCUT2D eigenvalue weighted by molar-refractivity contribution is 8.00. The first-order valence-electron chi connectivity index (χ1n) is 5.64. The van der Waals surface area contributed by atoms with Crippen molar-refractivity contribution in [1.29, 1.82) is 0 Å². The van der Waals surface area contributed by atoms with E-state index in [1.165, 1.54) is 41.7 Å². The van der Waals surface area contributed by atoms with Crippen LogP contribution in [-0.2, 0) is 0 Å². The molecular weight excluding hydrogens is 200 g/mol. The number of thioether (sulfide) groups is 1. The van der Waals surface area contributed by atoms with Crippen molar-refractivity contribution in [1.82, 2.24) is 0 Å². The second-order valence-corrected chi connectivity index (χ2v) is 5.78. The second kappa shape index (κ2) is 4.89. The van der Waals surface area contributed by atoms with Crippen molar-refractivity contribution in [2.24, 2.45) is 0 Å². The minimum Gasteiger partial charge on any atom is -0.122 e. The third kappa shape index (κ3) is 3.13. The summed E-state index contributed by atoms with van der Waals surface area (Å²) in [7, 11) is 0. The molecule has 1 aromatic rings. The predicted molar refractivity (Wildman–Crippen MR) is 68.4 cm³/mol. The molecule has 1 saturated carbocycles. The smallest absolute Gasteiger partial charge is 0.0132 e. The number of aryl methyl sites for hydroxylation is 1. The standard InChI is InChI=1S/C14H18S/c1-11-5-3-7-13(9-11)15-14-8-4-6-12(2)10-14/h4,6,8,10,13H,1,3,5,7,9H2,2H3. The number of allylic oxidation sites excluding steroid dienone is 1. The van der Waals surface area contributed by atoms with Gasteiger partial charge in [0, 0.05) is 10.1 Å². The van der Waals surface area contributed by atoms with Crippen molar-refractivity contribution in [2.45, 2.75) is 42.8 Å². The summed E-state index contributed by atoms with van der Waals surface area (Å²) in [6.07, 6.45) is 5.11. The molecule has 0 amide bonds. The normalized spacial score (nSPS) is 21.7. The molecule has 0 radical (unpaired) electrons. The Balaban J connectivity index is 1.99. The summed E-state index contributed by atoms with van der Waals surface area (Å²) in [6.45, 7) is 6.27. The summed E-state index contributed by atoms with van der Waals surface area (Å²) >= 11 is 2.02. The molecule has 80 valence electrons. The molecule has 1 aromatic carbocycles. The van der Waals surface area contributed by atoms with Crippen LogP contribution in [0.15, 0.2) is 41.3 Å². The Morgan fingerprint density at radius 1 is 1.40 bits per heavy atom. The Bertz CT molecular complexity index is 354. The molecule has 1 fully saturated rings. The van der Waals surface area contributed by atoms with Crippen LogP contribution in [0, 0.1) is 6.92 Å². The summed E-state index contributed by atoms with van der Waals surface area (Å²) in [5.74, 6) is 0. The van der Waals surface area contributed by atoms with Gasteiger partial charge in [0.05, 0.1) is 0 Å². The molecule has 2 rings (SSSR count). The second-order valence-electron chi connectivity index (χ2n) is 4.40. The zero-order chi connectivity index (χ0) is 10.7.